The molecule has 0 amide bonds. The summed E-state index contributed by atoms with van der Waals surface area (Å²) in [6.45, 7) is 5.70. The molecule has 1 N–H and O–H groups in total. The normalized spacial score (nSPS) is 11.4. The average molecular weight is 275 g/mol. The van der Waals surface area contributed by atoms with Crippen LogP contribution >= 0.6 is 11.6 Å². The summed E-state index contributed by atoms with van der Waals surface area (Å²) in [5.41, 5.74) is 0.0718. The van der Waals surface area contributed by atoms with Gasteiger partial charge in [0, 0.05) is 20.3 Å². The summed E-state index contributed by atoms with van der Waals surface area (Å²) >= 11 is 5.76. The maximum Gasteiger partial charge on any atom is 0.322 e. The number of nitrogens with one attached hydrogen (secondary N) is 1. The minimum atomic E-state index is 0.0718. The Hall–Kier alpha value is -1.14. The molecule has 0 aliphatic carbocycles. The number of aromatic nitrogens is 3. The van der Waals surface area contributed by atoms with E-state index in [-0.39, 0.29) is 16.7 Å². The molecule has 1 aromatic heterocycles. The van der Waals surface area contributed by atoms with Crippen molar-refractivity contribution in [1.29, 1.82) is 0 Å². The van der Waals surface area contributed by atoms with Crippen LogP contribution in [0.15, 0.2) is 0 Å². The second kappa shape index (κ2) is 6.70. The van der Waals surface area contributed by atoms with Crippen LogP contribution in [0.2, 0.25) is 5.28 Å². The molecule has 0 aromatic carbocycles. The van der Waals surface area contributed by atoms with E-state index in [9.17, 15) is 0 Å². The molecule has 0 unspecified atom stereocenters. The Morgan fingerprint density at radius 3 is 2.56 bits per heavy atom. The van der Waals surface area contributed by atoms with Crippen molar-refractivity contribution < 1.29 is 9.47 Å². The van der Waals surface area contributed by atoms with E-state index in [1.165, 1.54) is 7.11 Å². The van der Waals surface area contributed by atoms with Crippen LogP contribution < -0.4 is 10.1 Å². The number of methoxy groups -OCH3 is 2. The summed E-state index contributed by atoms with van der Waals surface area (Å²) < 4.78 is 10.0. The molecule has 7 heteroatoms. The highest BCUT2D eigenvalue weighted by Gasteiger charge is 2.18. The van der Waals surface area contributed by atoms with Gasteiger partial charge in [0.05, 0.1) is 7.11 Å². The predicted molar refractivity (Wildman–Crippen MR) is 70.2 cm³/mol. The van der Waals surface area contributed by atoms with Crippen LogP contribution in [0.3, 0.4) is 0 Å². The van der Waals surface area contributed by atoms with Crippen molar-refractivity contribution in [2.75, 3.05) is 32.7 Å². The maximum absolute atomic E-state index is 5.76. The first-order valence-electron chi connectivity index (χ1n) is 5.65. The average Bonchev–Trinajstić information content (AvgIpc) is 2.33. The third kappa shape index (κ3) is 5.01. The van der Waals surface area contributed by atoms with Crippen molar-refractivity contribution in [1.82, 2.24) is 15.0 Å². The van der Waals surface area contributed by atoms with Crippen LogP contribution in [0.4, 0.5) is 5.95 Å². The van der Waals surface area contributed by atoms with Gasteiger partial charge >= 0.3 is 6.01 Å². The lowest BCUT2D eigenvalue weighted by Crippen LogP contribution is -2.25. The number of ether oxygens (including phenoxy) is 2. The monoisotopic (exact) mass is 274 g/mol. The molecule has 0 radical (unpaired) electrons. The molecule has 0 saturated carbocycles. The minimum Gasteiger partial charge on any atom is -0.467 e. The number of hydrogen-bond donors (Lipinski definition) is 1. The van der Waals surface area contributed by atoms with E-state index < -0.39 is 0 Å². The number of rotatable bonds is 7. The van der Waals surface area contributed by atoms with Gasteiger partial charge in [-0.1, -0.05) is 13.8 Å². The second-order valence-corrected chi connectivity index (χ2v) is 5.01. The first-order chi connectivity index (χ1) is 8.46. The van der Waals surface area contributed by atoms with Crippen LogP contribution in [0.5, 0.6) is 6.01 Å². The van der Waals surface area contributed by atoms with Crippen molar-refractivity contribution in [3.8, 4) is 6.01 Å². The van der Waals surface area contributed by atoms with E-state index in [0.717, 1.165) is 13.0 Å². The van der Waals surface area contributed by atoms with Gasteiger partial charge in [-0.15, -0.1) is 0 Å². The van der Waals surface area contributed by atoms with Crippen LogP contribution in [-0.4, -0.2) is 42.3 Å². The van der Waals surface area contributed by atoms with Crippen LogP contribution in [0.25, 0.3) is 0 Å². The van der Waals surface area contributed by atoms with Crippen molar-refractivity contribution in [2.24, 2.45) is 5.41 Å². The zero-order valence-electron chi connectivity index (χ0n) is 11.2. The first-order valence-corrected chi connectivity index (χ1v) is 6.03. The smallest absolute Gasteiger partial charge is 0.322 e. The lowest BCUT2D eigenvalue weighted by atomic mass is 9.90. The molecule has 1 aromatic rings. The molecule has 0 saturated heterocycles. The van der Waals surface area contributed by atoms with Crippen molar-refractivity contribution >= 4 is 17.5 Å². The molecule has 18 heavy (non-hydrogen) atoms. The number of anilines is 1. The zero-order chi connectivity index (χ0) is 13.6. The van der Waals surface area contributed by atoms with Crippen LogP contribution in [0, 0.1) is 5.41 Å². The van der Waals surface area contributed by atoms with Gasteiger partial charge in [0.15, 0.2) is 0 Å². The first kappa shape index (κ1) is 14.9. The van der Waals surface area contributed by atoms with Gasteiger partial charge in [0.1, 0.15) is 0 Å². The van der Waals surface area contributed by atoms with Gasteiger partial charge in [-0.3, -0.25) is 0 Å². The summed E-state index contributed by atoms with van der Waals surface area (Å²) in [7, 11) is 3.18. The largest absolute Gasteiger partial charge is 0.467 e. The van der Waals surface area contributed by atoms with Gasteiger partial charge < -0.3 is 14.8 Å². The molecule has 0 aliphatic rings. The Labute approximate surface area is 112 Å². The van der Waals surface area contributed by atoms with E-state index in [2.05, 4.69) is 34.1 Å². The molecule has 102 valence electrons. The summed E-state index contributed by atoms with van der Waals surface area (Å²) in [6.07, 6.45) is 0.937. The Morgan fingerprint density at radius 1 is 1.22 bits per heavy atom. The zero-order valence-corrected chi connectivity index (χ0v) is 11.9. The molecule has 0 spiro atoms. The van der Waals surface area contributed by atoms with Gasteiger partial charge in [0.2, 0.25) is 11.2 Å². The summed E-state index contributed by atoms with van der Waals surface area (Å²) in [5.74, 6) is 0.414. The molecule has 1 heterocycles. The summed E-state index contributed by atoms with van der Waals surface area (Å²) in [6, 6.07) is 0.201. The molecule has 6 nitrogen and oxygen atoms in total. The molecule has 0 aliphatic heterocycles. The van der Waals surface area contributed by atoms with Gasteiger partial charge in [-0.25, -0.2) is 0 Å². The standard InChI is InChI=1S/C11H19ClN4O2/c1-11(2,5-6-17-3)7-13-9-14-8(12)15-10(16-9)18-4/h5-7H2,1-4H3,(H,13,14,15,16). The Balaban J connectivity index is 2.59. The summed E-state index contributed by atoms with van der Waals surface area (Å²) in [4.78, 5) is 11.9. The molecular formula is C11H19ClN4O2. The third-order valence-corrected chi connectivity index (χ3v) is 2.65. The quantitative estimate of drug-likeness (QED) is 0.820. The molecular weight excluding hydrogens is 256 g/mol. The lowest BCUT2D eigenvalue weighted by Gasteiger charge is -2.24. The highest BCUT2D eigenvalue weighted by Crippen LogP contribution is 2.21. The SMILES string of the molecule is COCCC(C)(C)CNc1nc(Cl)nc(OC)n1. The fraction of sp³-hybridized carbons (Fsp3) is 0.727. The minimum absolute atomic E-state index is 0.0718. The molecule has 0 fully saturated rings. The highest BCUT2D eigenvalue weighted by molar-refractivity contribution is 6.28. The topological polar surface area (TPSA) is 69.2 Å². The van der Waals surface area contributed by atoms with Gasteiger partial charge in [0.25, 0.3) is 0 Å². The van der Waals surface area contributed by atoms with E-state index in [1.807, 2.05) is 0 Å². The Bertz CT molecular complexity index is 387. The number of nitrogens with zero attached hydrogens (tertiary/aromatic N) is 3. The molecule has 0 bridgehead atoms. The fourth-order valence-corrected chi connectivity index (χ4v) is 1.44. The van der Waals surface area contributed by atoms with Crippen molar-refractivity contribution in [3.63, 3.8) is 0 Å². The number of halogens is 1. The maximum atomic E-state index is 5.76. The van der Waals surface area contributed by atoms with E-state index in [0.29, 0.717) is 12.5 Å². The second-order valence-electron chi connectivity index (χ2n) is 4.68. The molecule has 0 atom stereocenters. The van der Waals surface area contributed by atoms with E-state index >= 15 is 0 Å². The molecule has 1 rings (SSSR count). The van der Waals surface area contributed by atoms with Crippen molar-refractivity contribution in [2.45, 2.75) is 20.3 Å². The van der Waals surface area contributed by atoms with E-state index in [4.69, 9.17) is 21.1 Å². The lowest BCUT2D eigenvalue weighted by molar-refractivity contribution is 0.157. The van der Waals surface area contributed by atoms with Crippen molar-refractivity contribution in [3.05, 3.63) is 5.28 Å². The van der Waals surface area contributed by atoms with Crippen LogP contribution in [-0.2, 0) is 4.74 Å². The fourth-order valence-electron chi connectivity index (χ4n) is 1.29. The highest BCUT2D eigenvalue weighted by atomic mass is 35.5. The van der Waals surface area contributed by atoms with E-state index in [1.54, 1.807) is 7.11 Å². The predicted octanol–water partition coefficient (Wildman–Crippen LogP) is 2.01. The number of hydrogen-bond acceptors (Lipinski definition) is 6. The van der Waals surface area contributed by atoms with Gasteiger partial charge in [-0.05, 0) is 23.4 Å². The summed E-state index contributed by atoms with van der Waals surface area (Å²) in [5, 5.41) is 3.24. The Kier molecular flexibility index (Phi) is 5.55. The van der Waals surface area contributed by atoms with Gasteiger partial charge in [-0.2, -0.15) is 15.0 Å². The Morgan fingerprint density at radius 2 is 1.94 bits per heavy atom. The van der Waals surface area contributed by atoms with Crippen LogP contribution in [0.1, 0.15) is 20.3 Å². The third-order valence-electron chi connectivity index (χ3n) is 2.48.